The average Bonchev–Trinajstić information content (AvgIpc) is 3.01. The lowest BCUT2D eigenvalue weighted by Crippen LogP contribution is -2.31. The number of para-hydroxylation sites is 1. The third kappa shape index (κ3) is 4.28. The molecule has 0 atom stereocenters. The average molecular weight is 417 g/mol. The SMILES string of the molecule is O=C(CCCN1C(=O)c2ccccc2C1=O)Nc1ccccc1Sc1ccccc1. The molecule has 3 aromatic carbocycles. The number of imide groups is 1. The van der Waals surface area contributed by atoms with Crippen LogP contribution in [0.2, 0.25) is 0 Å². The van der Waals surface area contributed by atoms with Crippen LogP contribution in [0, 0.1) is 0 Å². The van der Waals surface area contributed by atoms with Gasteiger partial charge in [0, 0.05) is 22.8 Å². The summed E-state index contributed by atoms with van der Waals surface area (Å²) in [5.41, 5.74) is 1.61. The molecular weight excluding hydrogens is 396 g/mol. The monoisotopic (exact) mass is 416 g/mol. The number of benzene rings is 3. The molecule has 1 heterocycles. The van der Waals surface area contributed by atoms with E-state index < -0.39 is 0 Å². The van der Waals surface area contributed by atoms with Crippen LogP contribution >= 0.6 is 11.8 Å². The quantitative estimate of drug-likeness (QED) is 0.559. The molecule has 150 valence electrons. The number of amides is 3. The molecule has 6 heteroatoms. The highest BCUT2D eigenvalue weighted by Gasteiger charge is 2.34. The summed E-state index contributed by atoms with van der Waals surface area (Å²) in [6.45, 7) is 0.222. The van der Waals surface area contributed by atoms with Gasteiger partial charge in [-0.05, 0) is 42.8 Å². The summed E-state index contributed by atoms with van der Waals surface area (Å²) in [6, 6.07) is 24.4. The first kappa shape index (κ1) is 19.9. The zero-order valence-corrected chi connectivity index (χ0v) is 17.0. The highest BCUT2D eigenvalue weighted by atomic mass is 32.2. The molecule has 0 saturated heterocycles. The molecule has 0 aliphatic carbocycles. The number of rotatable bonds is 7. The zero-order chi connectivity index (χ0) is 20.9. The van der Waals surface area contributed by atoms with E-state index >= 15 is 0 Å². The molecule has 1 aliphatic heterocycles. The zero-order valence-electron chi connectivity index (χ0n) is 16.2. The van der Waals surface area contributed by atoms with E-state index in [0.29, 0.717) is 17.5 Å². The van der Waals surface area contributed by atoms with E-state index in [1.807, 2.05) is 54.6 Å². The molecule has 4 rings (SSSR count). The van der Waals surface area contributed by atoms with Gasteiger partial charge in [-0.15, -0.1) is 0 Å². The van der Waals surface area contributed by atoms with Crippen LogP contribution in [0.25, 0.3) is 0 Å². The maximum Gasteiger partial charge on any atom is 0.261 e. The van der Waals surface area contributed by atoms with Crippen molar-refractivity contribution in [2.75, 3.05) is 11.9 Å². The van der Waals surface area contributed by atoms with Crippen molar-refractivity contribution in [3.63, 3.8) is 0 Å². The molecule has 0 saturated carbocycles. The second-order valence-electron chi connectivity index (χ2n) is 6.87. The van der Waals surface area contributed by atoms with E-state index in [2.05, 4.69) is 5.32 Å². The van der Waals surface area contributed by atoms with Crippen LogP contribution in [0.5, 0.6) is 0 Å². The second kappa shape index (κ2) is 8.97. The van der Waals surface area contributed by atoms with E-state index in [1.54, 1.807) is 36.0 Å². The Kier molecular flexibility index (Phi) is 5.95. The van der Waals surface area contributed by atoms with Crippen molar-refractivity contribution in [3.8, 4) is 0 Å². The highest BCUT2D eigenvalue weighted by Crippen LogP contribution is 2.33. The van der Waals surface area contributed by atoms with Crippen LogP contribution in [-0.4, -0.2) is 29.2 Å². The molecule has 0 fully saturated rings. The maximum absolute atomic E-state index is 12.5. The van der Waals surface area contributed by atoms with Crippen molar-refractivity contribution >= 4 is 35.2 Å². The van der Waals surface area contributed by atoms with Crippen molar-refractivity contribution in [2.24, 2.45) is 0 Å². The minimum atomic E-state index is -0.291. The van der Waals surface area contributed by atoms with Crippen LogP contribution in [0.15, 0.2) is 88.7 Å². The third-order valence-corrected chi connectivity index (χ3v) is 5.88. The molecular formula is C24H20N2O3S. The molecule has 0 aromatic heterocycles. The number of hydrogen-bond donors (Lipinski definition) is 1. The Hall–Kier alpha value is -3.38. The van der Waals surface area contributed by atoms with Gasteiger partial charge >= 0.3 is 0 Å². The van der Waals surface area contributed by atoms with E-state index in [4.69, 9.17) is 0 Å². The van der Waals surface area contributed by atoms with Gasteiger partial charge in [-0.1, -0.05) is 54.2 Å². The van der Waals surface area contributed by atoms with Crippen LogP contribution in [0.3, 0.4) is 0 Å². The molecule has 0 unspecified atom stereocenters. The van der Waals surface area contributed by atoms with Gasteiger partial charge in [0.1, 0.15) is 0 Å². The number of fused-ring (bicyclic) bond motifs is 1. The largest absolute Gasteiger partial charge is 0.325 e. The fourth-order valence-corrected chi connectivity index (χ4v) is 4.25. The first-order valence-corrected chi connectivity index (χ1v) is 10.5. The third-order valence-electron chi connectivity index (χ3n) is 4.80. The van der Waals surface area contributed by atoms with Crippen molar-refractivity contribution in [2.45, 2.75) is 22.6 Å². The number of anilines is 1. The van der Waals surface area contributed by atoms with Crippen LogP contribution in [-0.2, 0) is 4.79 Å². The fraction of sp³-hybridized carbons (Fsp3) is 0.125. The van der Waals surface area contributed by atoms with E-state index in [0.717, 1.165) is 15.5 Å². The Morgan fingerprint density at radius 2 is 1.40 bits per heavy atom. The van der Waals surface area contributed by atoms with E-state index in [1.165, 1.54) is 4.90 Å². The summed E-state index contributed by atoms with van der Waals surface area (Å²) in [7, 11) is 0. The smallest absolute Gasteiger partial charge is 0.261 e. The van der Waals surface area contributed by atoms with Gasteiger partial charge in [0.15, 0.2) is 0 Å². The van der Waals surface area contributed by atoms with Gasteiger partial charge in [-0.3, -0.25) is 19.3 Å². The van der Waals surface area contributed by atoms with Crippen LogP contribution in [0.1, 0.15) is 33.6 Å². The Morgan fingerprint density at radius 1 is 0.800 bits per heavy atom. The van der Waals surface area contributed by atoms with Crippen molar-refractivity contribution in [1.82, 2.24) is 4.90 Å². The Morgan fingerprint density at radius 3 is 2.10 bits per heavy atom. The lowest BCUT2D eigenvalue weighted by atomic mass is 10.1. The minimum absolute atomic E-state index is 0.146. The van der Waals surface area contributed by atoms with Gasteiger partial charge in [-0.25, -0.2) is 0 Å². The van der Waals surface area contributed by atoms with Gasteiger partial charge in [0.2, 0.25) is 5.91 Å². The summed E-state index contributed by atoms with van der Waals surface area (Å²) >= 11 is 1.58. The van der Waals surface area contributed by atoms with Crippen molar-refractivity contribution in [1.29, 1.82) is 0 Å². The molecule has 1 aliphatic rings. The van der Waals surface area contributed by atoms with E-state index in [-0.39, 0.29) is 30.7 Å². The predicted octanol–water partition coefficient (Wildman–Crippen LogP) is 4.85. The first-order chi connectivity index (χ1) is 14.6. The second-order valence-corrected chi connectivity index (χ2v) is 7.99. The number of nitrogens with one attached hydrogen (secondary N) is 1. The molecule has 3 aromatic rings. The number of nitrogens with zero attached hydrogens (tertiary/aromatic N) is 1. The normalized spacial score (nSPS) is 12.7. The molecule has 0 bridgehead atoms. The van der Waals surface area contributed by atoms with Gasteiger partial charge in [0.25, 0.3) is 11.8 Å². The first-order valence-electron chi connectivity index (χ1n) is 9.70. The van der Waals surface area contributed by atoms with Gasteiger partial charge < -0.3 is 5.32 Å². The van der Waals surface area contributed by atoms with Crippen molar-refractivity contribution < 1.29 is 14.4 Å². The fourth-order valence-electron chi connectivity index (χ4n) is 3.33. The molecule has 5 nitrogen and oxygen atoms in total. The number of carbonyl (C=O) groups is 3. The minimum Gasteiger partial charge on any atom is -0.325 e. The molecule has 1 N–H and O–H groups in total. The van der Waals surface area contributed by atoms with Gasteiger partial charge in [0.05, 0.1) is 16.8 Å². The highest BCUT2D eigenvalue weighted by molar-refractivity contribution is 7.99. The summed E-state index contributed by atoms with van der Waals surface area (Å²) in [6.07, 6.45) is 0.628. The standard InChI is InChI=1S/C24H20N2O3S/c27-22(15-8-16-26-23(28)18-11-4-5-12-19(18)24(26)29)25-20-13-6-7-14-21(20)30-17-9-2-1-3-10-17/h1-7,9-14H,8,15-16H2,(H,25,27). The Labute approximate surface area is 179 Å². The maximum atomic E-state index is 12.5. The number of carbonyl (C=O) groups excluding carboxylic acids is 3. The molecule has 0 spiro atoms. The lowest BCUT2D eigenvalue weighted by molar-refractivity contribution is -0.116. The lowest BCUT2D eigenvalue weighted by Gasteiger charge is -2.14. The molecule has 0 radical (unpaired) electrons. The summed E-state index contributed by atoms with van der Waals surface area (Å²) in [5, 5.41) is 2.95. The Bertz CT molecular complexity index is 1060. The summed E-state index contributed by atoms with van der Waals surface area (Å²) in [4.78, 5) is 40.5. The summed E-state index contributed by atoms with van der Waals surface area (Å²) < 4.78 is 0. The van der Waals surface area contributed by atoms with Crippen LogP contribution < -0.4 is 5.32 Å². The molecule has 3 amide bonds. The topological polar surface area (TPSA) is 66.5 Å². The van der Waals surface area contributed by atoms with Crippen LogP contribution in [0.4, 0.5) is 5.69 Å². The van der Waals surface area contributed by atoms with E-state index in [9.17, 15) is 14.4 Å². The molecule has 30 heavy (non-hydrogen) atoms. The predicted molar refractivity (Wildman–Crippen MR) is 117 cm³/mol. The van der Waals surface area contributed by atoms with Gasteiger partial charge in [-0.2, -0.15) is 0 Å². The summed E-state index contributed by atoms with van der Waals surface area (Å²) in [5.74, 6) is -0.728. The van der Waals surface area contributed by atoms with Crippen molar-refractivity contribution in [3.05, 3.63) is 90.0 Å². The Balaban J connectivity index is 1.33. The number of hydrogen-bond acceptors (Lipinski definition) is 4.